The second-order valence-electron chi connectivity index (χ2n) is 7.20. The predicted molar refractivity (Wildman–Crippen MR) is 91.9 cm³/mol. The number of hydrogen-bond donors (Lipinski definition) is 1. The van der Waals surface area contributed by atoms with Crippen LogP contribution in [-0.2, 0) is 6.54 Å². The van der Waals surface area contributed by atoms with Gasteiger partial charge in [-0.25, -0.2) is 4.79 Å². The summed E-state index contributed by atoms with van der Waals surface area (Å²) in [5.41, 5.74) is 1.16. The van der Waals surface area contributed by atoms with Gasteiger partial charge in [0, 0.05) is 31.5 Å². The minimum atomic E-state index is 0.113. The van der Waals surface area contributed by atoms with Crippen molar-refractivity contribution >= 4 is 6.03 Å². The van der Waals surface area contributed by atoms with Crippen LogP contribution in [0.4, 0.5) is 4.79 Å². The highest BCUT2D eigenvalue weighted by atomic mass is 16.2. The zero-order chi connectivity index (χ0) is 16.1. The van der Waals surface area contributed by atoms with Crippen LogP contribution in [0.3, 0.4) is 0 Å². The highest BCUT2D eigenvalue weighted by molar-refractivity contribution is 5.74. The molecule has 2 saturated carbocycles. The maximum absolute atomic E-state index is 12.6. The van der Waals surface area contributed by atoms with Gasteiger partial charge in [0.25, 0.3) is 0 Å². The molecular formula is C19H29N3O. The predicted octanol–water partition coefficient (Wildman–Crippen LogP) is 3.97. The highest BCUT2D eigenvalue weighted by Gasteiger charge is 2.33. The number of nitrogens with one attached hydrogen (secondary N) is 1. The average molecular weight is 315 g/mol. The molecule has 23 heavy (non-hydrogen) atoms. The fourth-order valence-corrected chi connectivity index (χ4v) is 3.61. The Morgan fingerprint density at radius 3 is 2.39 bits per heavy atom. The Hall–Kier alpha value is -1.58. The minimum absolute atomic E-state index is 0.113. The molecule has 0 bridgehead atoms. The summed E-state index contributed by atoms with van der Waals surface area (Å²) >= 11 is 0. The Bertz CT molecular complexity index is 493. The van der Waals surface area contributed by atoms with Crippen LogP contribution in [0.5, 0.6) is 0 Å². The summed E-state index contributed by atoms with van der Waals surface area (Å²) < 4.78 is 0. The fourth-order valence-electron chi connectivity index (χ4n) is 3.61. The molecule has 0 unspecified atom stereocenters. The van der Waals surface area contributed by atoms with E-state index in [1.807, 2.05) is 17.0 Å². The van der Waals surface area contributed by atoms with Crippen molar-refractivity contribution in [2.24, 2.45) is 11.8 Å². The third-order valence-electron chi connectivity index (χ3n) is 5.44. The van der Waals surface area contributed by atoms with Gasteiger partial charge in [-0.05, 0) is 55.2 Å². The molecule has 0 saturated heterocycles. The summed E-state index contributed by atoms with van der Waals surface area (Å²) in [6.45, 7) is 3.83. The van der Waals surface area contributed by atoms with Crippen LogP contribution in [0.2, 0.25) is 0 Å². The average Bonchev–Trinajstić information content (AvgIpc) is 3.44. The van der Waals surface area contributed by atoms with Crippen molar-refractivity contribution in [1.29, 1.82) is 0 Å². The van der Waals surface area contributed by atoms with E-state index in [0.29, 0.717) is 18.5 Å². The number of carbonyl (C=O) groups excluding carboxylic acids is 1. The molecule has 1 N–H and O–H groups in total. The lowest BCUT2D eigenvalue weighted by Crippen LogP contribution is -2.43. The molecule has 1 aromatic heterocycles. The Labute approximate surface area is 139 Å². The molecule has 1 heterocycles. The van der Waals surface area contributed by atoms with Gasteiger partial charge in [-0.15, -0.1) is 0 Å². The Kier molecular flexibility index (Phi) is 5.52. The smallest absolute Gasteiger partial charge is 0.317 e. The Morgan fingerprint density at radius 1 is 1.13 bits per heavy atom. The van der Waals surface area contributed by atoms with Gasteiger partial charge in [0.1, 0.15) is 0 Å². The number of carbonyl (C=O) groups is 1. The van der Waals surface area contributed by atoms with Crippen LogP contribution >= 0.6 is 0 Å². The SMILES string of the molecule is CCC1CCC(CNC(=O)N(Cc2ccncc2)C2CC2)CC1. The molecule has 126 valence electrons. The normalized spacial score (nSPS) is 24.2. The molecule has 2 aliphatic carbocycles. The van der Waals surface area contributed by atoms with E-state index in [1.165, 1.54) is 32.1 Å². The van der Waals surface area contributed by atoms with Crippen LogP contribution in [0.15, 0.2) is 24.5 Å². The molecule has 4 nitrogen and oxygen atoms in total. The van der Waals surface area contributed by atoms with Gasteiger partial charge in [-0.1, -0.05) is 26.2 Å². The first-order chi connectivity index (χ1) is 11.3. The van der Waals surface area contributed by atoms with Gasteiger partial charge < -0.3 is 10.2 Å². The van der Waals surface area contributed by atoms with Gasteiger partial charge in [0.2, 0.25) is 0 Å². The maximum atomic E-state index is 12.6. The summed E-state index contributed by atoms with van der Waals surface area (Å²) in [7, 11) is 0. The molecule has 1 aromatic rings. The van der Waals surface area contributed by atoms with Crippen LogP contribution in [0.25, 0.3) is 0 Å². The number of urea groups is 1. The van der Waals surface area contributed by atoms with Crippen molar-refractivity contribution in [1.82, 2.24) is 15.2 Å². The van der Waals surface area contributed by atoms with Crippen molar-refractivity contribution in [3.8, 4) is 0 Å². The molecular weight excluding hydrogens is 286 g/mol. The van der Waals surface area contributed by atoms with Gasteiger partial charge in [-0.3, -0.25) is 4.98 Å². The van der Waals surface area contributed by atoms with Crippen molar-refractivity contribution in [3.63, 3.8) is 0 Å². The first kappa shape index (κ1) is 16.3. The first-order valence-corrected chi connectivity index (χ1v) is 9.19. The Morgan fingerprint density at radius 2 is 1.78 bits per heavy atom. The molecule has 2 aliphatic rings. The molecule has 0 spiro atoms. The monoisotopic (exact) mass is 315 g/mol. The second kappa shape index (κ2) is 7.80. The van der Waals surface area contributed by atoms with E-state index in [9.17, 15) is 4.79 Å². The molecule has 0 aliphatic heterocycles. The minimum Gasteiger partial charge on any atom is -0.338 e. The van der Waals surface area contributed by atoms with Crippen LogP contribution in [0, 0.1) is 11.8 Å². The molecule has 0 atom stereocenters. The molecule has 3 rings (SSSR count). The highest BCUT2D eigenvalue weighted by Crippen LogP contribution is 2.31. The number of amides is 2. The summed E-state index contributed by atoms with van der Waals surface area (Å²) in [6, 6.07) is 4.53. The standard InChI is InChI=1S/C19H29N3O/c1-2-15-3-5-16(6-4-15)13-21-19(23)22(18-7-8-18)14-17-9-11-20-12-10-17/h9-12,15-16,18H,2-8,13-14H2,1H3,(H,21,23). The zero-order valence-electron chi connectivity index (χ0n) is 14.2. The third-order valence-corrected chi connectivity index (χ3v) is 5.44. The number of nitrogens with zero attached hydrogens (tertiary/aromatic N) is 2. The lowest BCUT2D eigenvalue weighted by atomic mass is 9.81. The van der Waals surface area contributed by atoms with Crippen molar-refractivity contribution in [3.05, 3.63) is 30.1 Å². The fraction of sp³-hybridized carbons (Fsp3) is 0.684. The van der Waals surface area contributed by atoms with Gasteiger partial charge in [0.05, 0.1) is 0 Å². The van der Waals surface area contributed by atoms with E-state index in [-0.39, 0.29) is 6.03 Å². The topological polar surface area (TPSA) is 45.2 Å². The van der Waals surface area contributed by atoms with Crippen LogP contribution in [0.1, 0.15) is 57.4 Å². The third kappa shape index (κ3) is 4.69. The number of pyridine rings is 1. The van der Waals surface area contributed by atoms with E-state index in [2.05, 4.69) is 17.2 Å². The summed E-state index contributed by atoms with van der Waals surface area (Å²) in [5.74, 6) is 1.58. The van der Waals surface area contributed by atoms with E-state index in [4.69, 9.17) is 0 Å². The van der Waals surface area contributed by atoms with Gasteiger partial charge in [0.15, 0.2) is 0 Å². The van der Waals surface area contributed by atoms with Crippen molar-refractivity contribution in [2.45, 2.75) is 64.5 Å². The molecule has 0 radical (unpaired) electrons. The van der Waals surface area contributed by atoms with E-state index in [1.54, 1.807) is 12.4 Å². The number of hydrogen-bond acceptors (Lipinski definition) is 2. The van der Waals surface area contributed by atoms with Gasteiger partial charge >= 0.3 is 6.03 Å². The molecule has 2 fully saturated rings. The van der Waals surface area contributed by atoms with E-state index < -0.39 is 0 Å². The molecule has 2 amide bonds. The van der Waals surface area contributed by atoms with Crippen molar-refractivity contribution in [2.75, 3.05) is 6.54 Å². The maximum Gasteiger partial charge on any atom is 0.317 e. The van der Waals surface area contributed by atoms with E-state index >= 15 is 0 Å². The number of rotatable bonds is 6. The quantitative estimate of drug-likeness (QED) is 0.863. The summed E-state index contributed by atoms with van der Waals surface area (Å²) in [5, 5.41) is 3.20. The van der Waals surface area contributed by atoms with Crippen molar-refractivity contribution < 1.29 is 4.79 Å². The first-order valence-electron chi connectivity index (χ1n) is 9.19. The van der Waals surface area contributed by atoms with E-state index in [0.717, 1.165) is 30.9 Å². The second-order valence-corrected chi connectivity index (χ2v) is 7.20. The Balaban J connectivity index is 1.47. The lowest BCUT2D eigenvalue weighted by molar-refractivity contribution is 0.186. The summed E-state index contributed by atoms with van der Waals surface area (Å²) in [6.07, 6.45) is 12.4. The lowest BCUT2D eigenvalue weighted by Gasteiger charge is -2.29. The zero-order valence-corrected chi connectivity index (χ0v) is 14.2. The number of aromatic nitrogens is 1. The van der Waals surface area contributed by atoms with Crippen LogP contribution < -0.4 is 5.32 Å². The molecule has 4 heteroatoms. The molecule has 0 aromatic carbocycles. The van der Waals surface area contributed by atoms with Gasteiger partial charge in [-0.2, -0.15) is 0 Å². The largest absolute Gasteiger partial charge is 0.338 e. The summed E-state index contributed by atoms with van der Waals surface area (Å²) in [4.78, 5) is 18.6. The van der Waals surface area contributed by atoms with Crippen LogP contribution in [-0.4, -0.2) is 28.5 Å².